The topological polar surface area (TPSA) is 46.6 Å². The fraction of sp³-hybridized carbons (Fsp3) is 0.750. The smallest absolute Gasteiger partial charge is 0.329 e. The molecule has 0 radical (unpaired) electrons. The van der Waals surface area contributed by atoms with E-state index in [1.165, 1.54) is 14.0 Å². The lowest BCUT2D eigenvalue weighted by Crippen LogP contribution is -2.44. The number of methoxy groups -OCH3 is 1. The van der Waals surface area contributed by atoms with Crippen molar-refractivity contribution < 1.29 is 14.3 Å². The second-order valence-corrected chi connectivity index (χ2v) is 4.25. The summed E-state index contributed by atoms with van der Waals surface area (Å²) in [6.45, 7) is 3.38. The van der Waals surface area contributed by atoms with Crippen molar-refractivity contribution >= 4 is 23.6 Å². The minimum Gasteiger partial charge on any atom is -0.467 e. The maximum absolute atomic E-state index is 11.2. The van der Waals surface area contributed by atoms with E-state index < -0.39 is 6.04 Å². The summed E-state index contributed by atoms with van der Waals surface area (Å²) in [6, 6.07) is -0.400. The zero-order valence-corrected chi connectivity index (χ0v) is 8.76. The van der Waals surface area contributed by atoms with E-state index in [1.807, 2.05) is 6.92 Å². The summed E-state index contributed by atoms with van der Waals surface area (Å²) in [5.41, 5.74) is 0. The number of hydrogen-bond acceptors (Lipinski definition) is 4. The van der Waals surface area contributed by atoms with Gasteiger partial charge in [0.2, 0.25) is 5.91 Å². The highest BCUT2D eigenvalue weighted by Crippen LogP contribution is 2.28. The largest absolute Gasteiger partial charge is 0.467 e. The molecular formula is C8H13NO3S. The SMILES string of the molecule is COC(=O)[C@@H]1CS[C@H](C)N1C(C)=O. The van der Waals surface area contributed by atoms with Crippen LogP contribution in [0.2, 0.25) is 0 Å². The van der Waals surface area contributed by atoms with Crippen LogP contribution in [-0.2, 0) is 14.3 Å². The summed E-state index contributed by atoms with van der Waals surface area (Å²) in [5, 5.41) is 0.0709. The standard InChI is InChI=1S/C8H13NO3S/c1-5(10)9-6(2)13-4-7(9)8(11)12-3/h6-7H,4H2,1-3H3/t6-,7+/m1/s1. The molecule has 2 atom stereocenters. The number of esters is 1. The molecule has 1 aliphatic rings. The van der Waals surface area contributed by atoms with Gasteiger partial charge in [-0.1, -0.05) is 0 Å². The van der Waals surface area contributed by atoms with Crippen LogP contribution in [0, 0.1) is 0 Å². The van der Waals surface area contributed by atoms with E-state index in [9.17, 15) is 9.59 Å². The van der Waals surface area contributed by atoms with Crippen LogP contribution in [-0.4, -0.2) is 41.1 Å². The highest BCUT2D eigenvalue weighted by Gasteiger charge is 2.38. The molecule has 1 rings (SSSR count). The van der Waals surface area contributed by atoms with Gasteiger partial charge in [0.25, 0.3) is 0 Å². The summed E-state index contributed by atoms with van der Waals surface area (Å²) in [4.78, 5) is 24.0. The zero-order chi connectivity index (χ0) is 10.0. The van der Waals surface area contributed by atoms with E-state index in [2.05, 4.69) is 4.74 Å². The molecule has 0 N–H and O–H groups in total. The summed E-state index contributed by atoms with van der Waals surface area (Å²) >= 11 is 1.59. The van der Waals surface area contributed by atoms with Crippen molar-refractivity contribution in [2.24, 2.45) is 0 Å². The quantitative estimate of drug-likeness (QED) is 0.581. The van der Waals surface area contributed by atoms with Gasteiger partial charge in [-0.3, -0.25) is 4.79 Å². The molecule has 1 aliphatic heterocycles. The predicted octanol–water partition coefficient (Wildman–Crippen LogP) is 0.469. The van der Waals surface area contributed by atoms with Crippen LogP contribution in [0.1, 0.15) is 13.8 Å². The molecule has 74 valence electrons. The first-order valence-electron chi connectivity index (χ1n) is 4.06. The van der Waals surface area contributed by atoms with Crippen molar-refractivity contribution in [2.45, 2.75) is 25.3 Å². The van der Waals surface area contributed by atoms with Crippen molar-refractivity contribution in [3.8, 4) is 0 Å². The zero-order valence-electron chi connectivity index (χ0n) is 7.94. The highest BCUT2D eigenvalue weighted by atomic mass is 32.2. The Labute approximate surface area is 81.6 Å². The number of hydrogen-bond donors (Lipinski definition) is 0. The molecule has 0 aliphatic carbocycles. The van der Waals surface area contributed by atoms with Gasteiger partial charge in [0, 0.05) is 12.7 Å². The van der Waals surface area contributed by atoms with Gasteiger partial charge in [-0.2, -0.15) is 0 Å². The fourth-order valence-corrected chi connectivity index (χ4v) is 2.65. The lowest BCUT2D eigenvalue weighted by atomic mass is 10.3. The van der Waals surface area contributed by atoms with Gasteiger partial charge >= 0.3 is 5.97 Å². The first-order chi connectivity index (χ1) is 6.07. The monoisotopic (exact) mass is 203 g/mol. The third-order valence-electron chi connectivity index (χ3n) is 2.06. The van der Waals surface area contributed by atoms with Crippen LogP contribution in [0.3, 0.4) is 0 Å². The predicted molar refractivity (Wildman–Crippen MR) is 50.2 cm³/mol. The Balaban J connectivity index is 2.75. The van der Waals surface area contributed by atoms with Crippen LogP contribution in [0.5, 0.6) is 0 Å². The number of carbonyl (C=O) groups is 2. The Morgan fingerprint density at radius 1 is 1.54 bits per heavy atom. The summed E-state index contributed by atoms with van der Waals surface area (Å²) < 4.78 is 4.62. The maximum Gasteiger partial charge on any atom is 0.329 e. The molecule has 0 aromatic rings. The molecule has 1 saturated heterocycles. The summed E-state index contributed by atoms with van der Waals surface area (Å²) in [6.07, 6.45) is 0. The van der Waals surface area contributed by atoms with Crippen LogP contribution in [0.4, 0.5) is 0 Å². The Kier molecular flexibility index (Phi) is 3.19. The lowest BCUT2D eigenvalue weighted by molar-refractivity contribution is -0.150. The number of amides is 1. The van der Waals surface area contributed by atoms with Crippen LogP contribution in [0.25, 0.3) is 0 Å². The van der Waals surface area contributed by atoms with Gasteiger partial charge in [0.15, 0.2) is 0 Å². The van der Waals surface area contributed by atoms with E-state index in [4.69, 9.17) is 0 Å². The molecular weight excluding hydrogens is 190 g/mol. The van der Waals surface area contributed by atoms with E-state index in [1.54, 1.807) is 16.7 Å². The van der Waals surface area contributed by atoms with Crippen molar-refractivity contribution in [1.29, 1.82) is 0 Å². The Bertz CT molecular complexity index is 231. The molecule has 1 amide bonds. The molecule has 0 saturated carbocycles. The van der Waals surface area contributed by atoms with E-state index >= 15 is 0 Å². The van der Waals surface area contributed by atoms with Gasteiger partial charge in [0.05, 0.1) is 12.5 Å². The average Bonchev–Trinajstić information content (AvgIpc) is 2.45. The number of ether oxygens (including phenoxy) is 1. The molecule has 0 unspecified atom stereocenters. The lowest BCUT2D eigenvalue weighted by Gasteiger charge is -2.23. The Morgan fingerprint density at radius 3 is 2.62 bits per heavy atom. The first-order valence-corrected chi connectivity index (χ1v) is 5.11. The maximum atomic E-state index is 11.2. The van der Waals surface area contributed by atoms with Crippen molar-refractivity contribution in [1.82, 2.24) is 4.90 Å². The summed E-state index contributed by atoms with van der Waals surface area (Å²) in [7, 11) is 1.34. The van der Waals surface area contributed by atoms with Crippen LogP contribution < -0.4 is 0 Å². The van der Waals surface area contributed by atoms with E-state index in [0.717, 1.165) is 0 Å². The minimum absolute atomic E-state index is 0.0709. The molecule has 0 aromatic carbocycles. The normalized spacial score (nSPS) is 27.5. The number of rotatable bonds is 1. The Hall–Kier alpha value is -0.710. The molecule has 1 heterocycles. The number of carbonyl (C=O) groups excluding carboxylic acids is 2. The van der Waals surface area contributed by atoms with Crippen LogP contribution >= 0.6 is 11.8 Å². The second kappa shape index (κ2) is 4.00. The van der Waals surface area contributed by atoms with Gasteiger partial charge in [0.1, 0.15) is 6.04 Å². The fourth-order valence-electron chi connectivity index (χ4n) is 1.44. The Morgan fingerprint density at radius 2 is 2.15 bits per heavy atom. The van der Waals surface area contributed by atoms with E-state index in [0.29, 0.717) is 5.75 Å². The molecule has 0 aromatic heterocycles. The first kappa shape index (κ1) is 10.4. The van der Waals surface area contributed by atoms with Gasteiger partial charge in [-0.15, -0.1) is 11.8 Å². The van der Waals surface area contributed by atoms with Gasteiger partial charge < -0.3 is 9.64 Å². The minimum atomic E-state index is -0.400. The second-order valence-electron chi connectivity index (χ2n) is 2.90. The number of thioether (sulfide) groups is 1. The molecule has 5 heteroatoms. The van der Waals surface area contributed by atoms with Crippen LogP contribution in [0.15, 0.2) is 0 Å². The summed E-state index contributed by atoms with van der Waals surface area (Å²) in [5.74, 6) is 0.230. The van der Waals surface area contributed by atoms with Crippen molar-refractivity contribution in [2.75, 3.05) is 12.9 Å². The molecule has 0 bridgehead atoms. The molecule has 13 heavy (non-hydrogen) atoms. The van der Waals surface area contributed by atoms with Crippen molar-refractivity contribution in [3.05, 3.63) is 0 Å². The van der Waals surface area contributed by atoms with E-state index in [-0.39, 0.29) is 17.3 Å². The van der Waals surface area contributed by atoms with Crippen molar-refractivity contribution in [3.63, 3.8) is 0 Å². The third-order valence-corrected chi connectivity index (χ3v) is 3.28. The van der Waals surface area contributed by atoms with Gasteiger partial charge in [-0.05, 0) is 6.92 Å². The molecule has 1 fully saturated rings. The molecule has 4 nitrogen and oxygen atoms in total. The molecule has 0 spiro atoms. The third kappa shape index (κ3) is 1.96. The number of nitrogens with zero attached hydrogens (tertiary/aromatic N) is 1. The highest BCUT2D eigenvalue weighted by molar-refractivity contribution is 8.00. The average molecular weight is 203 g/mol. The van der Waals surface area contributed by atoms with Gasteiger partial charge in [-0.25, -0.2) is 4.79 Å².